The highest BCUT2D eigenvalue weighted by Crippen LogP contribution is 2.33. The molecule has 0 spiro atoms. The summed E-state index contributed by atoms with van der Waals surface area (Å²) in [4.78, 5) is 25.1. The van der Waals surface area contributed by atoms with Crippen LogP contribution in [0.3, 0.4) is 0 Å². The van der Waals surface area contributed by atoms with Crippen molar-refractivity contribution in [2.75, 3.05) is 11.9 Å². The van der Waals surface area contributed by atoms with Crippen molar-refractivity contribution in [1.29, 1.82) is 0 Å². The first-order chi connectivity index (χ1) is 9.74. The van der Waals surface area contributed by atoms with Gasteiger partial charge in [0.15, 0.2) is 11.6 Å². The highest BCUT2D eigenvalue weighted by Gasteiger charge is 2.31. The molecule has 0 aliphatic heterocycles. The summed E-state index contributed by atoms with van der Waals surface area (Å²) in [7, 11) is 0. The van der Waals surface area contributed by atoms with Crippen LogP contribution in [0.15, 0.2) is 42.5 Å². The molecular formula is C16H11BrO3. The van der Waals surface area contributed by atoms with E-state index in [0.29, 0.717) is 39.9 Å². The molecule has 4 heteroatoms. The van der Waals surface area contributed by atoms with Crippen molar-refractivity contribution in [3.05, 3.63) is 64.7 Å². The lowest BCUT2D eigenvalue weighted by Crippen LogP contribution is -2.21. The number of ketones is 2. The van der Waals surface area contributed by atoms with Crippen molar-refractivity contribution in [3.63, 3.8) is 0 Å². The number of carbonyl (C=O) groups excluding carboxylic acids is 2. The Balaban J connectivity index is 2.18. The van der Waals surface area contributed by atoms with E-state index in [9.17, 15) is 9.59 Å². The minimum atomic E-state index is -0.152. The Morgan fingerprint density at radius 3 is 2.20 bits per heavy atom. The van der Waals surface area contributed by atoms with Gasteiger partial charge in [0.2, 0.25) is 0 Å². The van der Waals surface area contributed by atoms with Crippen LogP contribution in [0.5, 0.6) is 5.75 Å². The van der Waals surface area contributed by atoms with Crippen molar-refractivity contribution in [3.8, 4) is 5.75 Å². The summed E-state index contributed by atoms with van der Waals surface area (Å²) in [6.45, 7) is 0.444. The van der Waals surface area contributed by atoms with Crippen molar-refractivity contribution in [2.24, 2.45) is 0 Å². The van der Waals surface area contributed by atoms with E-state index >= 15 is 0 Å². The third-order valence-corrected chi connectivity index (χ3v) is 3.57. The van der Waals surface area contributed by atoms with E-state index in [-0.39, 0.29) is 11.6 Å². The quantitative estimate of drug-likeness (QED) is 0.692. The number of fused-ring (bicyclic) bond motifs is 2. The van der Waals surface area contributed by atoms with Crippen molar-refractivity contribution < 1.29 is 14.3 Å². The van der Waals surface area contributed by atoms with Crippen LogP contribution in [0, 0.1) is 0 Å². The highest BCUT2D eigenvalue weighted by molar-refractivity contribution is 9.09. The molecule has 0 N–H and O–H groups in total. The molecular weight excluding hydrogens is 320 g/mol. The average Bonchev–Trinajstić information content (AvgIpc) is 2.50. The van der Waals surface area contributed by atoms with E-state index in [1.165, 1.54) is 0 Å². The average molecular weight is 331 g/mol. The Labute approximate surface area is 124 Å². The Morgan fingerprint density at radius 1 is 0.850 bits per heavy atom. The fourth-order valence-electron chi connectivity index (χ4n) is 2.38. The molecule has 0 bridgehead atoms. The van der Waals surface area contributed by atoms with Crippen LogP contribution < -0.4 is 4.74 Å². The fourth-order valence-corrected chi connectivity index (χ4v) is 2.54. The Hall–Kier alpha value is -1.94. The zero-order chi connectivity index (χ0) is 14.1. The van der Waals surface area contributed by atoms with E-state index < -0.39 is 0 Å². The third kappa shape index (κ3) is 1.96. The Morgan fingerprint density at radius 2 is 1.50 bits per heavy atom. The van der Waals surface area contributed by atoms with Crippen LogP contribution in [0.2, 0.25) is 0 Å². The molecule has 100 valence electrons. The maximum atomic E-state index is 12.6. The molecule has 3 nitrogen and oxygen atoms in total. The number of hydrogen-bond acceptors (Lipinski definition) is 3. The number of hydrogen-bond donors (Lipinski definition) is 0. The van der Waals surface area contributed by atoms with Crippen LogP contribution >= 0.6 is 15.9 Å². The van der Waals surface area contributed by atoms with Gasteiger partial charge in [-0.1, -0.05) is 52.3 Å². The summed E-state index contributed by atoms with van der Waals surface area (Å²) < 4.78 is 5.57. The van der Waals surface area contributed by atoms with E-state index in [1.807, 2.05) is 0 Å². The summed E-state index contributed by atoms with van der Waals surface area (Å²) in [5.74, 6) is 0.190. The maximum absolute atomic E-state index is 12.6. The largest absolute Gasteiger partial charge is 0.492 e. The smallest absolute Gasteiger partial charge is 0.198 e. The SMILES string of the molecule is O=C1c2ccccc2C(=O)c2c(OCCBr)cccc21. The monoisotopic (exact) mass is 330 g/mol. The zero-order valence-electron chi connectivity index (χ0n) is 10.6. The van der Waals surface area contributed by atoms with Crippen molar-refractivity contribution in [1.82, 2.24) is 0 Å². The van der Waals surface area contributed by atoms with E-state index in [4.69, 9.17) is 4.74 Å². The second-order valence-electron chi connectivity index (χ2n) is 4.42. The zero-order valence-corrected chi connectivity index (χ0v) is 12.1. The molecule has 0 aromatic heterocycles. The molecule has 3 rings (SSSR count). The Kier molecular flexibility index (Phi) is 3.40. The molecule has 2 aromatic carbocycles. The predicted molar refractivity (Wildman–Crippen MR) is 79.0 cm³/mol. The molecule has 0 radical (unpaired) electrons. The van der Waals surface area contributed by atoms with Gasteiger partial charge in [0.25, 0.3) is 0 Å². The topological polar surface area (TPSA) is 43.4 Å². The number of carbonyl (C=O) groups is 2. The summed E-state index contributed by atoms with van der Waals surface area (Å²) in [5.41, 5.74) is 1.69. The molecule has 0 saturated heterocycles. The lowest BCUT2D eigenvalue weighted by atomic mass is 9.84. The first kappa shape index (κ1) is 13.1. The van der Waals surface area contributed by atoms with Gasteiger partial charge in [-0.25, -0.2) is 0 Å². The van der Waals surface area contributed by atoms with Gasteiger partial charge in [-0.2, -0.15) is 0 Å². The number of rotatable bonds is 3. The molecule has 0 heterocycles. The summed E-state index contributed by atoms with van der Waals surface area (Å²) >= 11 is 3.28. The molecule has 0 saturated carbocycles. The van der Waals surface area contributed by atoms with E-state index in [0.717, 1.165) is 0 Å². The second-order valence-corrected chi connectivity index (χ2v) is 5.21. The Bertz CT molecular complexity index is 707. The summed E-state index contributed by atoms with van der Waals surface area (Å²) in [6, 6.07) is 12.0. The van der Waals surface area contributed by atoms with Gasteiger partial charge < -0.3 is 4.74 Å². The van der Waals surface area contributed by atoms with Crippen LogP contribution in [0.4, 0.5) is 0 Å². The highest BCUT2D eigenvalue weighted by atomic mass is 79.9. The number of benzene rings is 2. The van der Waals surface area contributed by atoms with Crippen LogP contribution in [0.25, 0.3) is 0 Å². The molecule has 0 unspecified atom stereocenters. The second kappa shape index (κ2) is 5.21. The number of halogens is 1. The number of alkyl halides is 1. The maximum Gasteiger partial charge on any atom is 0.198 e. The van der Waals surface area contributed by atoms with Gasteiger partial charge in [-0.05, 0) is 6.07 Å². The van der Waals surface area contributed by atoms with Gasteiger partial charge in [0.1, 0.15) is 5.75 Å². The molecule has 1 aliphatic carbocycles. The van der Waals surface area contributed by atoms with Gasteiger partial charge in [0, 0.05) is 22.0 Å². The molecule has 0 fully saturated rings. The van der Waals surface area contributed by atoms with Crippen molar-refractivity contribution in [2.45, 2.75) is 0 Å². The van der Waals surface area contributed by atoms with Crippen molar-refractivity contribution >= 4 is 27.5 Å². The lowest BCUT2D eigenvalue weighted by molar-refractivity contribution is 0.0976. The van der Waals surface area contributed by atoms with Gasteiger partial charge in [-0.3, -0.25) is 9.59 Å². The molecule has 0 atom stereocenters. The normalized spacial score (nSPS) is 12.8. The third-order valence-electron chi connectivity index (χ3n) is 3.25. The van der Waals surface area contributed by atoms with Crippen LogP contribution in [-0.4, -0.2) is 23.5 Å². The minimum absolute atomic E-state index is 0.125. The lowest BCUT2D eigenvalue weighted by Gasteiger charge is -2.19. The van der Waals surface area contributed by atoms with Gasteiger partial charge in [0.05, 0.1) is 12.2 Å². The molecule has 1 aliphatic rings. The number of ether oxygens (including phenoxy) is 1. The summed E-state index contributed by atoms with van der Waals surface area (Å²) in [5, 5.41) is 0.662. The molecule has 2 aromatic rings. The van der Waals surface area contributed by atoms with Crippen LogP contribution in [0.1, 0.15) is 31.8 Å². The molecule has 0 amide bonds. The standard InChI is InChI=1S/C16H11BrO3/c17-8-9-20-13-7-3-6-12-14(13)16(19)11-5-2-1-4-10(11)15(12)18/h1-7H,8-9H2. The first-order valence-electron chi connectivity index (χ1n) is 6.24. The van der Waals surface area contributed by atoms with Gasteiger partial charge >= 0.3 is 0 Å². The minimum Gasteiger partial charge on any atom is -0.492 e. The summed E-state index contributed by atoms with van der Waals surface area (Å²) in [6.07, 6.45) is 0. The van der Waals surface area contributed by atoms with Gasteiger partial charge in [-0.15, -0.1) is 0 Å². The van der Waals surface area contributed by atoms with E-state index in [2.05, 4.69) is 15.9 Å². The molecule has 20 heavy (non-hydrogen) atoms. The first-order valence-corrected chi connectivity index (χ1v) is 7.36. The fraction of sp³-hybridized carbons (Fsp3) is 0.125. The van der Waals surface area contributed by atoms with Crippen LogP contribution in [-0.2, 0) is 0 Å². The predicted octanol–water partition coefficient (Wildman–Crippen LogP) is 3.24. The van der Waals surface area contributed by atoms with E-state index in [1.54, 1.807) is 42.5 Å².